The Balaban J connectivity index is 1.63. The minimum Gasteiger partial charge on any atom is -0.495 e. The van der Waals surface area contributed by atoms with Crippen molar-refractivity contribution < 1.29 is 4.74 Å². The Labute approximate surface area is 157 Å². The normalized spacial score (nSPS) is 11.1. The number of anilines is 1. The molecule has 2 N–H and O–H groups in total. The van der Waals surface area contributed by atoms with Crippen LogP contribution in [0, 0.1) is 0 Å². The SMILES string of the molecule is COc1ccccc1NC(=S)N/N=C(\C)c1ccc(-n2ccnc2)cc1. The van der Waals surface area contributed by atoms with Crippen LogP contribution in [0.25, 0.3) is 5.69 Å². The molecule has 0 radical (unpaired) electrons. The molecule has 0 unspecified atom stereocenters. The van der Waals surface area contributed by atoms with E-state index in [-0.39, 0.29) is 0 Å². The summed E-state index contributed by atoms with van der Waals surface area (Å²) in [7, 11) is 1.62. The Hall–Kier alpha value is -3.19. The van der Waals surface area contributed by atoms with Crippen molar-refractivity contribution in [1.82, 2.24) is 15.0 Å². The average Bonchev–Trinajstić information content (AvgIpc) is 3.21. The maximum absolute atomic E-state index is 5.29. The van der Waals surface area contributed by atoms with Crippen LogP contribution < -0.4 is 15.5 Å². The van der Waals surface area contributed by atoms with Crippen LogP contribution in [0.2, 0.25) is 0 Å². The van der Waals surface area contributed by atoms with Gasteiger partial charge in [0.15, 0.2) is 5.11 Å². The first-order valence-electron chi connectivity index (χ1n) is 8.00. The monoisotopic (exact) mass is 365 g/mol. The highest BCUT2D eigenvalue weighted by Crippen LogP contribution is 2.22. The molecule has 1 aromatic heterocycles. The summed E-state index contributed by atoms with van der Waals surface area (Å²) in [6.07, 6.45) is 5.42. The van der Waals surface area contributed by atoms with E-state index in [1.807, 2.05) is 66.2 Å². The Morgan fingerprint density at radius 2 is 1.92 bits per heavy atom. The summed E-state index contributed by atoms with van der Waals surface area (Å²) in [4.78, 5) is 4.05. The average molecular weight is 365 g/mol. The molecule has 3 aromatic rings. The molecule has 7 heteroatoms. The van der Waals surface area contributed by atoms with E-state index in [0.717, 1.165) is 22.6 Å². The Bertz CT molecular complexity index is 904. The lowest BCUT2D eigenvalue weighted by Gasteiger charge is -2.11. The zero-order chi connectivity index (χ0) is 18.4. The van der Waals surface area contributed by atoms with Crippen LogP contribution in [0.15, 0.2) is 72.4 Å². The van der Waals surface area contributed by atoms with E-state index in [9.17, 15) is 0 Å². The summed E-state index contributed by atoms with van der Waals surface area (Å²) in [5.74, 6) is 0.715. The van der Waals surface area contributed by atoms with Gasteiger partial charge in [-0.15, -0.1) is 0 Å². The molecule has 0 amide bonds. The van der Waals surface area contributed by atoms with Gasteiger partial charge in [-0.25, -0.2) is 4.98 Å². The van der Waals surface area contributed by atoms with E-state index in [4.69, 9.17) is 17.0 Å². The first-order valence-corrected chi connectivity index (χ1v) is 8.41. The molecular weight excluding hydrogens is 346 g/mol. The summed E-state index contributed by atoms with van der Waals surface area (Å²) in [5, 5.41) is 7.81. The fraction of sp³-hybridized carbons (Fsp3) is 0.105. The second kappa shape index (κ2) is 8.26. The van der Waals surface area contributed by atoms with Crippen molar-refractivity contribution in [1.29, 1.82) is 0 Å². The molecule has 2 aromatic carbocycles. The van der Waals surface area contributed by atoms with Crippen molar-refractivity contribution in [2.75, 3.05) is 12.4 Å². The topological polar surface area (TPSA) is 63.5 Å². The van der Waals surface area contributed by atoms with E-state index in [0.29, 0.717) is 10.9 Å². The quantitative estimate of drug-likeness (QED) is 0.411. The highest BCUT2D eigenvalue weighted by Gasteiger charge is 2.04. The summed E-state index contributed by atoms with van der Waals surface area (Å²) >= 11 is 5.29. The number of hydrogen-bond acceptors (Lipinski definition) is 4. The third-order valence-electron chi connectivity index (χ3n) is 3.77. The van der Waals surface area contributed by atoms with Gasteiger partial charge in [0.25, 0.3) is 0 Å². The van der Waals surface area contributed by atoms with Crippen molar-refractivity contribution in [3.8, 4) is 11.4 Å². The molecule has 26 heavy (non-hydrogen) atoms. The van der Waals surface area contributed by atoms with Crippen LogP contribution in [0.3, 0.4) is 0 Å². The highest BCUT2D eigenvalue weighted by molar-refractivity contribution is 7.80. The number of imidazole rings is 1. The fourth-order valence-electron chi connectivity index (χ4n) is 2.38. The van der Waals surface area contributed by atoms with Crippen LogP contribution in [0.4, 0.5) is 5.69 Å². The van der Waals surface area contributed by atoms with E-state index in [1.54, 1.807) is 19.6 Å². The highest BCUT2D eigenvalue weighted by atomic mass is 32.1. The largest absolute Gasteiger partial charge is 0.495 e. The standard InChI is InChI=1S/C19H19N5OS/c1-14(15-7-9-16(10-8-15)24-12-11-20-13-24)22-23-19(26)21-17-5-3-4-6-18(17)25-2/h3-13H,1-2H3,(H2,21,23,26)/b22-14+. The van der Waals surface area contributed by atoms with E-state index >= 15 is 0 Å². The van der Waals surface area contributed by atoms with Gasteiger partial charge in [-0.1, -0.05) is 24.3 Å². The van der Waals surface area contributed by atoms with Gasteiger partial charge in [-0.3, -0.25) is 5.43 Å². The van der Waals surface area contributed by atoms with E-state index < -0.39 is 0 Å². The number of hydrogen-bond donors (Lipinski definition) is 2. The van der Waals surface area contributed by atoms with Crippen LogP contribution in [0.5, 0.6) is 5.75 Å². The number of thiocarbonyl (C=S) groups is 1. The second-order valence-electron chi connectivity index (χ2n) is 5.48. The maximum Gasteiger partial charge on any atom is 0.191 e. The zero-order valence-electron chi connectivity index (χ0n) is 14.5. The smallest absolute Gasteiger partial charge is 0.191 e. The first-order chi connectivity index (χ1) is 12.7. The minimum absolute atomic E-state index is 0.392. The van der Waals surface area contributed by atoms with Crippen molar-refractivity contribution in [2.45, 2.75) is 6.92 Å². The summed E-state index contributed by atoms with van der Waals surface area (Å²) in [6.45, 7) is 1.92. The van der Waals surface area contributed by atoms with Gasteiger partial charge in [0.1, 0.15) is 5.75 Å². The number of para-hydroxylation sites is 2. The van der Waals surface area contributed by atoms with Gasteiger partial charge in [-0.2, -0.15) is 5.10 Å². The van der Waals surface area contributed by atoms with Gasteiger partial charge in [-0.05, 0) is 49.0 Å². The summed E-state index contributed by atoms with van der Waals surface area (Å²) < 4.78 is 7.24. The molecule has 0 atom stereocenters. The molecule has 0 aliphatic rings. The Morgan fingerprint density at radius 1 is 1.15 bits per heavy atom. The predicted octanol–water partition coefficient (Wildman–Crippen LogP) is 3.59. The van der Waals surface area contributed by atoms with Gasteiger partial charge in [0, 0.05) is 18.1 Å². The van der Waals surface area contributed by atoms with Crippen molar-refractivity contribution >= 4 is 28.7 Å². The van der Waals surface area contributed by atoms with Crippen LogP contribution in [0.1, 0.15) is 12.5 Å². The predicted molar refractivity (Wildman–Crippen MR) is 108 cm³/mol. The molecule has 0 saturated carbocycles. The van der Waals surface area contributed by atoms with Crippen molar-refractivity contribution in [3.05, 3.63) is 72.8 Å². The number of nitrogens with one attached hydrogen (secondary N) is 2. The van der Waals surface area contributed by atoms with Crippen molar-refractivity contribution in [3.63, 3.8) is 0 Å². The lowest BCUT2D eigenvalue weighted by atomic mass is 10.1. The number of benzene rings is 2. The molecule has 0 bridgehead atoms. The van der Waals surface area contributed by atoms with Gasteiger partial charge in [0.05, 0.1) is 24.8 Å². The van der Waals surface area contributed by atoms with Crippen molar-refractivity contribution in [2.24, 2.45) is 5.10 Å². The number of methoxy groups -OCH3 is 1. The van der Waals surface area contributed by atoms with E-state index in [1.165, 1.54) is 0 Å². The molecule has 0 saturated heterocycles. The molecular formula is C19H19N5OS. The lowest BCUT2D eigenvalue weighted by Crippen LogP contribution is -2.25. The number of aromatic nitrogens is 2. The number of hydrazone groups is 1. The minimum atomic E-state index is 0.392. The molecule has 0 fully saturated rings. The maximum atomic E-state index is 5.29. The third kappa shape index (κ3) is 4.25. The molecule has 0 aliphatic carbocycles. The van der Waals surface area contributed by atoms with Crippen LogP contribution in [-0.4, -0.2) is 27.5 Å². The Morgan fingerprint density at radius 3 is 2.62 bits per heavy atom. The van der Waals surface area contributed by atoms with E-state index in [2.05, 4.69) is 20.8 Å². The summed E-state index contributed by atoms with van der Waals surface area (Å²) in [6, 6.07) is 15.6. The van der Waals surface area contributed by atoms with Gasteiger partial charge >= 0.3 is 0 Å². The number of rotatable bonds is 5. The van der Waals surface area contributed by atoms with Crippen LogP contribution in [-0.2, 0) is 0 Å². The Kier molecular flexibility index (Phi) is 5.60. The van der Waals surface area contributed by atoms with Gasteiger partial charge in [0.2, 0.25) is 0 Å². The number of nitrogens with zero attached hydrogens (tertiary/aromatic N) is 3. The zero-order valence-corrected chi connectivity index (χ0v) is 15.3. The molecule has 0 spiro atoms. The third-order valence-corrected chi connectivity index (χ3v) is 3.96. The first kappa shape index (κ1) is 17.6. The lowest BCUT2D eigenvalue weighted by molar-refractivity contribution is 0.417. The van der Waals surface area contributed by atoms with Crippen LogP contribution >= 0.6 is 12.2 Å². The fourth-order valence-corrected chi connectivity index (χ4v) is 2.54. The summed E-state index contributed by atoms with van der Waals surface area (Å²) in [5.41, 5.74) is 6.51. The molecule has 0 aliphatic heterocycles. The van der Waals surface area contributed by atoms with Gasteiger partial charge < -0.3 is 14.6 Å². The molecule has 3 rings (SSSR count). The molecule has 132 valence electrons. The molecule has 6 nitrogen and oxygen atoms in total. The molecule has 1 heterocycles. The number of ether oxygens (including phenoxy) is 1. The second-order valence-corrected chi connectivity index (χ2v) is 5.89.